The third-order valence-corrected chi connectivity index (χ3v) is 8.52. The standard InChI is InChI=1S/C28H29N3O4/c1-31-10-9-27-15-23-19(14-28(27,35)24(31)12-18-7-8-20(32)13-22(18)27)11-21(26(34)30-23)25(33)29-16-17-5-3-2-4-6-17/h2-8,11,13,24,32,35H,9-10,12,14-16H2,1H3,(H,29,33)(H,30,34)/t24-,27-,28-/m1/s1. The fourth-order valence-electron chi connectivity index (χ4n) is 6.70. The van der Waals surface area contributed by atoms with Gasteiger partial charge in [-0.25, -0.2) is 0 Å². The van der Waals surface area contributed by atoms with Crippen molar-refractivity contribution in [1.29, 1.82) is 0 Å². The van der Waals surface area contributed by atoms with E-state index >= 15 is 0 Å². The highest BCUT2D eigenvalue weighted by Crippen LogP contribution is 2.56. The summed E-state index contributed by atoms with van der Waals surface area (Å²) >= 11 is 0. The van der Waals surface area contributed by atoms with Gasteiger partial charge in [-0.05, 0) is 66.9 Å². The first-order valence-electron chi connectivity index (χ1n) is 12.1. The number of nitrogens with one attached hydrogen (secondary N) is 2. The lowest BCUT2D eigenvalue weighted by Crippen LogP contribution is -2.73. The van der Waals surface area contributed by atoms with Crippen molar-refractivity contribution in [1.82, 2.24) is 15.2 Å². The van der Waals surface area contributed by atoms with Crippen LogP contribution < -0.4 is 10.9 Å². The Morgan fingerprint density at radius 2 is 1.94 bits per heavy atom. The summed E-state index contributed by atoms with van der Waals surface area (Å²) in [7, 11) is 2.04. The summed E-state index contributed by atoms with van der Waals surface area (Å²) < 4.78 is 0. The number of pyridine rings is 1. The summed E-state index contributed by atoms with van der Waals surface area (Å²) in [4.78, 5) is 31.1. The molecule has 6 rings (SSSR count). The Morgan fingerprint density at radius 1 is 1.14 bits per heavy atom. The number of likely N-dealkylation sites (N-methyl/N-ethyl adjacent to an activating group) is 1. The van der Waals surface area contributed by atoms with Gasteiger partial charge < -0.3 is 25.4 Å². The van der Waals surface area contributed by atoms with Crippen LogP contribution >= 0.6 is 0 Å². The Balaban J connectivity index is 1.39. The lowest BCUT2D eigenvalue weighted by Gasteiger charge is -2.63. The molecule has 4 N–H and O–H groups in total. The number of aromatic nitrogens is 1. The second-order valence-electron chi connectivity index (χ2n) is 10.3. The fraction of sp³-hybridized carbons (Fsp3) is 0.357. The first kappa shape index (κ1) is 22.1. The van der Waals surface area contributed by atoms with E-state index < -0.39 is 22.5 Å². The topological polar surface area (TPSA) is 106 Å². The van der Waals surface area contributed by atoms with Gasteiger partial charge in [0.05, 0.1) is 5.60 Å². The molecule has 2 aromatic carbocycles. The SMILES string of the molecule is CN1CC[C@]23Cc4[nH]c(=O)c(C(=O)NCc5ccccc5)cc4C[C@@]2(O)[C@H]1Cc1ccc(O)cc13. The molecule has 180 valence electrons. The van der Waals surface area contributed by atoms with Crippen molar-refractivity contribution in [3.05, 3.63) is 98.5 Å². The molecule has 1 aromatic heterocycles. The van der Waals surface area contributed by atoms with E-state index in [0.29, 0.717) is 32.2 Å². The largest absolute Gasteiger partial charge is 0.508 e. The number of fused-ring (bicyclic) bond motifs is 2. The number of piperidine rings is 1. The van der Waals surface area contributed by atoms with Gasteiger partial charge in [0.15, 0.2) is 0 Å². The lowest BCUT2D eigenvalue weighted by molar-refractivity contribution is -0.145. The van der Waals surface area contributed by atoms with Crippen LogP contribution in [-0.2, 0) is 31.2 Å². The fourth-order valence-corrected chi connectivity index (χ4v) is 6.70. The number of phenols is 1. The first-order chi connectivity index (χ1) is 16.8. The van der Waals surface area contributed by atoms with E-state index in [-0.39, 0.29) is 17.4 Å². The molecule has 0 saturated carbocycles. The average Bonchev–Trinajstić information content (AvgIpc) is 2.84. The van der Waals surface area contributed by atoms with Gasteiger partial charge in [-0.15, -0.1) is 0 Å². The number of benzene rings is 2. The number of phenolic OH excluding ortho intramolecular Hbond substituents is 1. The van der Waals surface area contributed by atoms with E-state index in [1.807, 2.05) is 43.4 Å². The van der Waals surface area contributed by atoms with Crippen molar-refractivity contribution >= 4 is 5.91 Å². The van der Waals surface area contributed by atoms with Crippen LogP contribution in [0.25, 0.3) is 0 Å². The highest BCUT2D eigenvalue weighted by molar-refractivity contribution is 5.94. The van der Waals surface area contributed by atoms with Crippen LogP contribution in [0.5, 0.6) is 5.75 Å². The molecule has 1 fully saturated rings. The highest BCUT2D eigenvalue weighted by atomic mass is 16.3. The zero-order chi connectivity index (χ0) is 24.4. The Morgan fingerprint density at radius 3 is 2.74 bits per heavy atom. The van der Waals surface area contributed by atoms with Crippen molar-refractivity contribution in [2.75, 3.05) is 13.6 Å². The van der Waals surface area contributed by atoms with E-state index in [4.69, 9.17) is 0 Å². The minimum atomic E-state index is -1.08. The number of hydrogen-bond donors (Lipinski definition) is 4. The maximum Gasteiger partial charge on any atom is 0.261 e. The number of aromatic amines is 1. The number of nitrogens with zero attached hydrogens (tertiary/aromatic N) is 1. The van der Waals surface area contributed by atoms with Crippen molar-refractivity contribution in [2.24, 2.45) is 0 Å². The summed E-state index contributed by atoms with van der Waals surface area (Å²) in [6, 6.07) is 16.6. The van der Waals surface area contributed by atoms with E-state index in [0.717, 1.165) is 34.5 Å². The van der Waals surface area contributed by atoms with E-state index in [1.165, 1.54) is 0 Å². The minimum absolute atomic E-state index is 0.0617. The first-order valence-corrected chi connectivity index (χ1v) is 12.1. The van der Waals surface area contributed by atoms with E-state index in [2.05, 4.69) is 15.2 Å². The van der Waals surface area contributed by atoms with Gasteiger partial charge in [-0.1, -0.05) is 36.4 Å². The lowest BCUT2D eigenvalue weighted by atomic mass is 9.49. The van der Waals surface area contributed by atoms with Gasteiger partial charge >= 0.3 is 0 Å². The van der Waals surface area contributed by atoms with Crippen LogP contribution in [0, 0.1) is 0 Å². The number of rotatable bonds is 3. The van der Waals surface area contributed by atoms with E-state index in [1.54, 1.807) is 18.2 Å². The van der Waals surface area contributed by atoms with Gasteiger partial charge in [0.1, 0.15) is 11.3 Å². The third-order valence-electron chi connectivity index (χ3n) is 8.52. The van der Waals surface area contributed by atoms with Crippen LogP contribution in [0.2, 0.25) is 0 Å². The molecule has 3 aliphatic rings. The number of carbonyl (C=O) groups is 1. The molecule has 1 aliphatic heterocycles. The van der Waals surface area contributed by atoms with Gasteiger partial charge in [-0.2, -0.15) is 0 Å². The number of aliphatic hydroxyl groups is 1. The maximum atomic E-state index is 13.0. The zero-order valence-corrected chi connectivity index (χ0v) is 19.7. The molecule has 2 heterocycles. The molecule has 0 radical (unpaired) electrons. The molecule has 7 heteroatoms. The zero-order valence-electron chi connectivity index (χ0n) is 19.7. The molecular formula is C28H29N3O4. The predicted octanol–water partition coefficient (Wildman–Crippen LogP) is 2.04. The Hall–Kier alpha value is -3.42. The monoisotopic (exact) mass is 471 g/mol. The van der Waals surface area contributed by atoms with Crippen molar-refractivity contribution in [3.8, 4) is 5.75 Å². The maximum absolute atomic E-state index is 13.0. The molecule has 2 bridgehead atoms. The Bertz CT molecular complexity index is 1380. The van der Waals surface area contributed by atoms with Gasteiger partial charge in [0.2, 0.25) is 0 Å². The average molecular weight is 472 g/mol. The summed E-state index contributed by atoms with van der Waals surface area (Å²) in [6.45, 7) is 1.15. The quantitative estimate of drug-likeness (QED) is 0.468. The molecule has 35 heavy (non-hydrogen) atoms. The van der Waals surface area contributed by atoms with E-state index in [9.17, 15) is 19.8 Å². The van der Waals surface area contributed by atoms with Crippen LogP contribution in [-0.4, -0.2) is 51.2 Å². The van der Waals surface area contributed by atoms with Crippen LogP contribution in [0.15, 0.2) is 59.4 Å². The summed E-state index contributed by atoms with van der Waals surface area (Å²) in [6.07, 6.45) is 2.20. The number of carbonyl (C=O) groups excluding carboxylic acids is 1. The molecule has 1 amide bonds. The summed E-state index contributed by atoms with van der Waals surface area (Å²) in [5.74, 6) is -0.246. The van der Waals surface area contributed by atoms with Crippen LogP contribution in [0.1, 0.15) is 44.7 Å². The normalized spacial score (nSPS) is 26.9. The van der Waals surface area contributed by atoms with Crippen molar-refractivity contribution in [2.45, 2.75) is 49.3 Å². The molecule has 7 nitrogen and oxygen atoms in total. The molecule has 3 aromatic rings. The summed E-state index contributed by atoms with van der Waals surface area (Å²) in [5, 5.41) is 25.5. The second kappa shape index (κ2) is 7.80. The summed E-state index contributed by atoms with van der Waals surface area (Å²) in [5.41, 5.74) is 2.57. The molecule has 3 atom stereocenters. The number of hydrogen-bond acceptors (Lipinski definition) is 5. The van der Waals surface area contributed by atoms with Crippen LogP contribution in [0.4, 0.5) is 0 Å². The molecule has 0 spiro atoms. The highest BCUT2D eigenvalue weighted by Gasteiger charge is 2.64. The van der Waals surface area contributed by atoms with Crippen LogP contribution in [0.3, 0.4) is 0 Å². The van der Waals surface area contributed by atoms with Gasteiger partial charge in [-0.3, -0.25) is 9.59 Å². The predicted molar refractivity (Wildman–Crippen MR) is 132 cm³/mol. The number of amides is 1. The second-order valence-corrected chi connectivity index (χ2v) is 10.3. The smallest absolute Gasteiger partial charge is 0.261 e. The minimum Gasteiger partial charge on any atom is -0.508 e. The molecular weight excluding hydrogens is 442 g/mol. The van der Waals surface area contributed by atoms with Crippen molar-refractivity contribution in [3.63, 3.8) is 0 Å². The molecule has 0 unspecified atom stereocenters. The van der Waals surface area contributed by atoms with Crippen molar-refractivity contribution < 1.29 is 15.0 Å². The number of H-pyrrole nitrogens is 1. The Kier molecular flexibility index (Phi) is 4.92. The molecule has 1 saturated heterocycles. The number of likely N-dealkylation sites (tertiary alicyclic amines) is 1. The molecule has 2 aliphatic carbocycles. The number of aromatic hydroxyl groups is 1. The Labute approximate surface area is 203 Å². The third kappa shape index (κ3) is 3.26. The van der Waals surface area contributed by atoms with Gasteiger partial charge in [0.25, 0.3) is 11.5 Å². The van der Waals surface area contributed by atoms with Gasteiger partial charge in [0, 0.05) is 36.5 Å².